The lowest BCUT2D eigenvalue weighted by Gasteiger charge is -2.36. The van der Waals surface area contributed by atoms with E-state index in [4.69, 9.17) is 5.10 Å². The Bertz CT molecular complexity index is 1480. The van der Waals surface area contributed by atoms with E-state index >= 15 is 0 Å². The molecule has 7 heteroatoms. The lowest BCUT2D eigenvalue weighted by molar-refractivity contribution is -0.130. The molecule has 1 atom stereocenters. The van der Waals surface area contributed by atoms with E-state index in [1.807, 2.05) is 83.2 Å². The van der Waals surface area contributed by atoms with E-state index in [9.17, 15) is 10.1 Å². The summed E-state index contributed by atoms with van der Waals surface area (Å²) in [7, 11) is 3.96. The van der Waals surface area contributed by atoms with Crippen molar-refractivity contribution < 1.29 is 4.79 Å². The minimum absolute atomic E-state index is 0.00561. The molecule has 0 radical (unpaired) electrons. The number of amides is 1. The minimum Gasteiger partial charge on any atom is -0.328 e. The average molecular weight is 503 g/mol. The second kappa shape index (κ2) is 11.2. The number of nitriles is 1. The van der Waals surface area contributed by atoms with Crippen LogP contribution in [0.1, 0.15) is 16.8 Å². The third kappa shape index (κ3) is 5.41. The summed E-state index contributed by atoms with van der Waals surface area (Å²) in [5, 5.41) is 14.6. The highest BCUT2D eigenvalue weighted by molar-refractivity contribution is 5.89. The average Bonchev–Trinajstić information content (AvgIpc) is 3.32. The van der Waals surface area contributed by atoms with Crippen LogP contribution >= 0.6 is 0 Å². The fourth-order valence-corrected chi connectivity index (χ4v) is 4.94. The van der Waals surface area contributed by atoms with Crippen LogP contribution in [0.5, 0.6) is 0 Å². The van der Waals surface area contributed by atoms with Gasteiger partial charge in [-0.1, -0.05) is 48.5 Å². The zero-order chi connectivity index (χ0) is 26.5. The van der Waals surface area contributed by atoms with E-state index < -0.39 is 0 Å². The number of carbonyl (C=O) groups excluding carboxylic acids is 1. The molecule has 2 aromatic heterocycles. The molecule has 0 spiro atoms. The van der Waals surface area contributed by atoms with Crippen LogP contribution in [0, 0.1) is 11.3 Å². The molecule has 4 aromatic rings. The van der Waals surface area contributed by atoms with Crippen LogP contribution < -0.4 is 0 Å². The van der Waals surface area contributed by atoms with E-state index in [0.717, 1.165) is 34.5 Å². The van der Waals surface area contributed by atoms with Gasteiger partial charge in [0.25, 0.3) is 0 Å². The largest absolute Gasteiger partial charge is 0.328 e. The third-order valence-corrected chi connectivity index (χ3v) is 6.76. The smallest absolute Gasteiger partial charge is 0.246 e. The Kier molecular flexibility index (Phi) is 7.43. The summed E-state index contributed by atoms with van der Waals surface area (Å²) in [6, 6.07) is 23.9. The highest BCUT2D eigenvalue weighted by Crippen LogP contribution is 2.38. The van der Waals surface area contributed by atoms with Crippen LogP contribution in [0.2, 0.25) is 0 Å². The Hall–Kier alpha value is -4.54. The zero-order valence-electron chi connectivity index (χ0n) is 21.7. The van der Waals surface area contributed by atoms with E-state index in [2.05, 4.69) is 23.2 Å². The number of aromatic nitrogens is 3. The fraction of sp³-hybridized carbons (Fsp3) is 0.226. The van der Waals surface area contributed by atoms with E-state index in [1.54, 1.807) is 24.5 Å². The minimum atomic E-state index is -0.0510. The van der Waals surface area contributed by atoms with E-state index in [0.29, 0.717) is 25.2 Å². The van der Waals surface area contributed by atoms with Crippen molar-refractivity contribution in [3.8, 4) is 28.5 Å². The number of benzene rings is 2. The van der Waals surface area contributed by atoms with Gasteiger partial charge < -0.3 is 9.80 Å². The van der Waals surface area contributed by atoms with Crippen LogP contribution in [0.4, 0.5) is 0 Å². The maximum atomic E-state index is 13.5. The molecule has 1 aliphatic rings. The summed E-state index contributed by atoms with van der Waals surface area (Å²) in [6.45, 7) is 1.71. The van der Waals surface area contributed by atoms with Gasteiger partial charge in [0, 0.05) is 36.1 Å². The lowest BCUT2D eigenvalue weighted by atomic mass is 9.96. The quantitative estimate of drug-likeness (QED) is 0.347. The lowest BCUT2D eigenvalue weighted by Crippen LogP contribution is -2.47. The van der Waals surface area contributed by atoms with Gasteiger partial charge in [0.15, 0.2) is 0 Å². The Balaban J connectivity index is 1.60. The summed E-state index contributed by atoms with van der Waals surface area (Å²) in [6.07, 6.45) is 7.87. The second-order valence-corrected chi connectivity index (χ2v) is 9.76. The van der Waals surface area contributed by atoms with Crippen molar-refractivity contribution in [1.82, 2.24) is 24.6 Å². The SMILES string of the molecule is CN(C)C/C=C/C(=O)N1Cc2c(-c3ccncc3)c(-c3cccc(C#N)c3)nn2C[C@H]1Cc1ccccc1. The molecule has 0 bridgehead atoms. The van der Waals surface area contributed by atoms with Crippen molar-refractivity contribution in [1.29, 1.82) is 5.26 Å². The third-order valence-electron chi connectivity index (χ3n) is 6.76. The molecule has 0 unspecified atom stereocenters. The van der Waals surface area contributed by atoms with Gasteiger partial charge in [-0.05, 0) is 55.9 Å². The Labute approximate surface area is 223 Å². The number of likely N-dealkylation sites (N-methyl/N-ethyl adjacent to an activating group) is 1. The molecule has 0 fully saturated rings. The maximum absolute atomic E-state index is 13.5. The summed E-state index contributed by atoms with van der Waals surface area (Å²) >= 11 is 0. The first-order chi connectivity index (χ1) is 18.5. The number of carbonyl (C=O) groups is 1. The van der Waals surface area contributed by atoms with Gasteiger partial charge in [0.05, 0.1) is 36.5 Å². The number of rotatable bonds is 7. The summed E-state index contributed by atoms with van der Waals surface area (Å²) in [4.78, 5) is 21.7. The van der Waals surface area contributed by atoms with Gasteiger partial charge in [-0.3, -0.25) is 14.5 Å². The van der Waals surface area contributed by atoms with Gasteiger partial charge in [-0.25, -0.2) is 0 Å². The topological polar surface area (TPSA) is 78.1 Å². The standard InChI is InChI=1S/C31H30N6O/c1-35(2)17-7-12-29(38)36-22-28-30(25-13-15-33-16-14-25)31(26-11-6-10-24(18-26)20-32)34-37(28)21-27(36)19-23-8-4-3-5-9-23/h3-16,18,27H,17,19,21-22H2,1-2H3/b12-7+/t27-/m1/s1. The van der Waals surface area contributed by atoms with Gasteiger partial charge in [0.2, 0.25) is 5.91 Å². The first kappa shape index (κ1) is 25.1. The number of hydrogen-bond donors (Lipinski definition) is 0. The van der Waals surface area contributed by atoms with Crippen molar-refractivity contribution in [2.75, 3.05) is 20.6 Å². The highest BCUT2D eigenvalue weighted by atomic mass is 16.2. The van der Waals surface area contributed by atoms with Crippen LogP contribution in [-0.4, -0.2) is 57.2 Å². The summed E-state index contributed by atoms with van der Waals surface area (Å²) in [5.41, 5.74) is 6.37. The van der Waals surface area contributed by atoms with Crippen LogP contribution in [0.15, 0.2) is 91.3 Å². The van der Waals surface area contributed by atoms with Crippen molar-refractivity contribution in [2.45, 2.75) is 25.6 Å². The first-order valence-electron chi connectivity index (χ1n) is 12.7. The normalized spacial score (nSPS) is 15.0. The van der Waals surface area contributed by atoms with Crippen LogP contribution in [0.25, 0.3) is 22.4 Å². The Morgan fingerprint density at radius 3 is 2.61 bits per heavy atom. The molecular weight excluding hydrogens is 472 g/mol. The van der Waals surface area contributed by atoms with Gasteiger partial charge >= 0.3 is 0 Å². The number of fused-ring (bicyclic) bond motifs is 1. The van der Waals surface area contributed by atoms with Gasteiger partial charge in [-0.2, -0.15) is 10.4 Å². The molecule has 2 aromatic carbocycles. The molecule has 190 valence electrons. The Morgan fingerprint density at radius 1 is 1.08 bits per heavy atom. The monoisotopic (exact) mass is 502 g/mol. The molecule has 0 N–H and O–H groups in total. The molecule has 7 nitrogen and oxygen atoms in total. The van der Waals surface area contributed by atoms with Crippen LogP contribution in [-0.2, 0) is 24.3 Å². The van der Waals surface area contributed by atoms with Crippen molar-refractivity contribution in [3.63, 3.8) is 0 Å². The molecule has 0 aliphatic carbocycles. The number of pyridine rings is 1. The van der Waals surface area contributed by atoms with E-state index in [-0.39, 0.29) is 11.9 Å². The van der Waals surface area contributed by atoms with Crippen molar-refractivity contribution >= 4 is 5.91 Å². The van der Waals surface area contributed by atoms with Crippen LogP contribution in [0.3, 0.4) is 0 Å². The first-order valence-corrected chi connectivity index (χ1v) is 12.7. The maximum Gasteiger partial charge on any atom is 0.246 e. The van der Waals surface area contributed by atoms with E-state index in [1.165, 1.54) is 5.56 Å². The Morgan fingerprint density at radius 2 is 1.87 bits per heavy atom. The number of nitrogens with zero attached hydrogens (tertiary/aromatic N) is 6. The predicted molar refractivity (Wildman–Crippen MR) is 148 cm³/mol. The molecule has 3 heterocycles. The molecule has 0 saturated carbocycles. The number of hydrogen-bond acceptors (Lipinski definition) is 5. The van der Waals surface area contributed by atoms with Crippen molar-refractivity contribution in [3.05, 3.63) is 108 Å². The van der Waals surface area contributed by atoms with Gasteiger partial charge in [0.1, 0.15) is 5.69 Å². The van der Waals surface area contributed by atoms with Crippen molar-refractivity contribution in [2.24, 2.45) is 0 Å². The molecule has 0 saturated heterocycles. The zero-order valence-corrected chi connectivity index (χ0v) is 21.7. The second-order valence-electron chi connectivity index (χ2n) is 9.76. The molecule has 38 heavy (non-hydrogen) atoms. The van der Waals surface area contributed by atoms with Gasteiger partial charge in [-0.15, -0.1) is 0 Å². The predicted octanol–water partition coefficient (Wildman–Crippen LogP) is 4.56. The summed E-state index contributed by atoms with van der Waals surface area (Å²) in [5.74, 6) is -0.00561. The molecular formula is C31H30N6O. The highest BCUT2D eigenvalue weighted by Gasteiger charge is 2.33. The molecule has 1 amide bonds. The summed E-state index contributed by atoms with van der Waals surface area (Å²) < 4.78 is 2.05. The molecule has 1 aliphatic heterocycles. The fourth-order valence-electron chi connectivity index (χ4n) is 4.94. The molecule has 5 rings (SSSR count).